The minimum absolute atomic E-state index is 0.585. The van der Waals surface area contributed by atoms with E-state index in [1.807, 2.05) is 0 Å². The lowest BCUT2D eigenvalue weighted by molar-refractivity contribution is 0.156. The van der Waals surface area contributed by atoms with Crippen LogP contribution in [0.1, 0.15) is 30.9 Å². The summed E-state index contributed by atoms with van der Waals surface area (Å²) in [6, 6.07) is 9.42. The monoisotopic (exact) mass is 276 g/mol. The van der Waals surface area contributed by atoms with Crippen LogP contribution in [0, 0.1) is 0 Å². The Morgan fingerprint density at radius 1 is 1.25 bits per heavy atom. The summed E-state index contributed by atoms with van der Waals surface area (Å²) in [6.45, 7) is 7.22. The molecule has 20 heavy (non-hydrogen) atoms. The summed E-state index contributed by atoms with van der Waals surface area (Å²) in [5, 5.41) is 3.49. The van der Waals surface area contributed by atoms with Gasteiger partial charge < -0.3 is 10.1 Å². The van der Waals surface area contributed by atoms with Crippen LogP contribution in [0.3, 0.4) is 0 Å². The first-order valence-electron chi connectivity index (χ1n) is 7.86. The number of benzene rings is 1. The van der Waals surface area contributed by atoms with E-state index >= 15 is 0 Å². The molecular formula is C17H28N2O. The highest BCUT2D eigenvalue weighted by Gasteiger charge is 2.20. The Morgan fingerprint density at radius 3 is 2.75 bits per heavy atom. The highest BCUT2D eigenvalue weighted by Crippen LogP contribution is 2.17. The van der Waals surface area contributed by atoms with E-state index in [9.17, 15) is 0 Å². The first kappa shape index (κ1) is 15.5. The van der Waals surface area contributed by atoms with E-state index in [1.54, 1.807) is 0 Å². The number of likely N-dealkylation sites (N-methyl/N-ethyl adjacent to an activating group) is 1. The summed E-state index contributed by atoms with van der Waals surface area (Å²) >= 11 is 0. The molecule has 1 aromatic rings. The minimum atomic E-state index is 0.585. The van der Waals surface area contributed by atoms with Crippen LogP contribution >= 0.6 is 0 Å². The van der Waals surface area contributed by atoms with Gasteiger partial charge in [0.2, 0.25) is 0 Å². The van der Waals surface area contributed by atoms with Crippen LogP contribution in [0.4, 0.5) is 0 Å². The van der Waals surface area contributed by atoms with Crippen LogP contribution in [0.5, 0.6) is 0 Å². The fraction of sp³-hybridized carbons (Fsp3) is 0.647. The highest BCUT2D eigenvalue weighted by molar-refractivity contribution is 5.27. The van der Waals surface area contributed by atoms with Crippen LogP contribution in [-0.4, -0.2) is 44.3 Å². The Kier molecular flexibility index (Phi) is 6.51. The number of rotatable bonds is 8. The van der Waals surface area contributed by atoms with Gasteiger partial charge in [-0.15, -0.1) is 0 Å². The number of hydrogen-bond donors (Lipinski definition) is 1. The molecule has 3 heteroatoms. The van der Waals surface area contributed by atoms with E-state index in [0.29, 0.717) is 6.04 Å². The van der Waals surface area contributed by atoms with Crippen molar-refractivity contribution in [2.24, 2.45) is 0 Å². The lowest BCUT2D eigenvalue weighted by Crippen LogP contribution is -2.31. The van der Waals surface area contributed by atoms with Gasteiger partial charge in [0.15, 0.2) is 0 Å². The zero-order chi connectivity index (χ0) is 14.2. The van der Waals surface area contributed by atoms with Crippen LogP contribution in [-0.2, 0) is 17.7 Å². The third-order valence-corrected chi connectivity index (χ3v) is 4.07. The molecule has 0 amide bonds. The van der Waals surface area contributed by atoms with Crippen LogP contribution < -0.4 is 5.32 Å². The Morgan fingerprint density at radius 2 is 2.05 bits per heavy atom. The molecule has 0 aromatic heterocycles. The van der Waals surface area contributed by atoms with Crippen molar-refractivity contribution in [2.75, 3.05) is 33.4 Å². The normalized spacial score (nSPS) is 18.9. The lowest BCUT2D eigenvalue weighted by Gasteiger charge is -2.24. The predicted octanol–water partition coefficient (Wildman–Crippen LogP) is 2.45. The van der Waals surface area contributed by atoms with Crippen LogP contribution in [0.2, 0.25) is 0 Å². The zero-order valence-electron chi connectivity index (χ0n) is 12.9. The molecule has 0 saturated carbocycles. The average Bonchev–Trinajstić information content (AvgIpc) is 2.99. The van der Waals surface area contributed by atoms with Gasteiger partial charge in [0.25, 0.3) is 0 Å². The SMILES string of the molecule is CCCNCCc1ccccc1CN(C)C1CCOC1. The second-order valence-electron chi connectivity index (χ2n) is 5.70. The quantitative estimate of drug-likeness (QED) is 0.738. The van der Waals surface area contributed by atoms with E-state index in [1.165, 1.54) is 17.5 Å². The van der Waals surface area contributed by atoms with Crippen molar-refractivity contribution >= 4 is 0 Å². The fourth-order valence-corrected chi connectivity index (χ4v) is 2.75. The summed E-state index contributed by atoms with van der Waals surface area (Å²) < 4.78 is 5.49. The van der Waals surface area contributed by atoms with Crippen molar-refractivity contribution in [1.82, 2.24) is 10.2 Å². The molecule has 1 aromatic carbocycles. The molecule has 1 heterocycles. The zero-order valence-corrected chi connectivity index (χ0v) is 12.9. The van der Waals surface area contributed by atoms with Crippen molar-refractivity contribution in [3.05, 3.63) is 35.4 Å². The van der Waals surface area contributed by atoms with E-state index in [4.69, 9.17) is 4.74 Å². The van der Waals surface area contributed by atoms with Crippen molar-refractivity contribution in [3.8, 4) is 0 Å². The van der Waals surface area contributed by atoms with Gasteiger partial charge in [-0.1, -0.05) is 31.2 Å². The lowest BCUT2D eigenvalue weighted by atomic mass is 10.0. The summed E-state index contributed by atoms with van der Waals surface area (Å²) in [5.41, 5.74) is 2.93. The van der Waals surface area contributed by atoms with E-state index in [2.05, 4.69) is 48.5 Å². The van der Waals surface area contributed by atoms with Gasteiger partial charge in [0, 0.05) is 19.2 Å². The van der Waals surface area contributed by atoms with Gasteiger partial charge in [0.05, 0.1) is 6.61 Å². The van der Waals surface area contributed by atoms with E-state index in [0.717, 1.165) is 45.7 Å². The standard InChI is InChI=1S/C17H28N2O/c1-3-10-18-11-8-15-6-4-5-7-16(15)13-19(2)17-9-12-20-14-17/h4-7,17-18H,3,8-14H2,1-2H3. The smallest absolute Gasteiger partial charge is 0.0622 e. The minimum Gasteiger partial charge on any atom is -0.380 e. The summed E-state index contributed by atoms with van der Waals surface area (Å²) in [7, 11) is 2.21. The Labute approximate surface area is 123 Å². The Hall–Kier alpha value is -0.900. The molecule has 1 aliphatic heterocycles. The summed E-state index contributed by atoms with van der Waals surface area (Å²) in [6.07, 6.45) is 3.48. The average molecular weight is 276 g/mol. The predicted molar refractivity (Wildman–Crippen MR) is 84.0 cm³/mol. The van der Waals surface area contributed by atoms with Gasteiger partial charge in [0.1, 0.15) is 0 Å². The molecule has 1 atom stereocenters. The first-order chi connectivity index (χ1) is 9.81. The Bertz CT molecular complexity index is 388. The van der Waals surface area contributed by atoms with Crippen LogP contribution in [0.25, 0.3) is 0 Å². The maximum Gasteiger partial charge on any atom is 0.0622 e. The fourth-order valence-electron chi connectivity index (χ4n) is 2.75. The van der Waals surface area contributed by atoms with Crippen molar-refractivity contribution in [1.29, 1.82) is 0 Å². The van der Waals surface area contributed by atoms with Crippen LogP contribution in [0.15, 0.2) is 24.3 Å². The van der Waals surface area contributed by atoms with E-state index < -0.39 is 0 Å². The van der Waals surface area contributed by atoms with Gasteiger partial charge in [-0.3, -0.25) is 4.90 Å². The van der Waals surface area contributed by atoms with Gasteiger partial charge >= 0.3 is 0 Å². The molecular weight excluding hydrogens is 248 g/mol. The van der Waals surface area contributed by atoms with Gasteiger partial charge in [-0.2, -0.15) is 0 Å². The summed E-state index contributed by atoms with van der Waals surface area (Å²) in [5.74, 6) is 0. The maximum atomic E-state index is 5.49. The second-order valence-corrected chi connectivity index (χ2v) is 5.70. The number of ether oxygens (including phenoxy) is 1. The molecule has 2 rings (SSSR count). The van der Waals surface area contributed by atoms with Crippen molar-refractivity contribution in [3.63, 3.8) is 0 Å². The molecule has 1 N–H and O–H groups in total. The van der Waals surface area contributed by atoms with E-state index in [-0.39, 0.29) is 0 Å². The maximum absolute atomic E-state index is 5.49. The molecule has 0 aliphatic carbocycles. The molecule has 0 radical (unpaired) electrons. The largest absolute Gasteiger partial charge is 0.380 e. The van der Waals surface area contributed by atoms with Crippen molar-refractivity contribution < 1.29 is 4.74 Å². The number of nitrogens with one attached hydrogen (secondary N) is 1. The summed E-state index contributed by atoms with van der Waals surface area (Å²) in [4.78, 5) is 2.44. The molecule has 1 aliphatic rings. The van der Waals surface area contributed by atoms with Gasteiger partial charge in [-0.05, 0) is 50.5 Å². The number of hydrogen-bond acceptors (Lipinski definition) is 3. The molecule has 112 valence electrons. The van der Waals surface area contributed by atoms with Crippen molar-refractivity contribution in [2.45, 2.75) is 38.8 Å². The molecule has 0 spiro atoms. The second kappa shape index (κ2) is 8.40. The Balaban J connectivity index is 1.89. The molecule has 1 saturated heterocycles. The van der Waals surface area contributed by atoms with Gasteiger partial charge in [-0.25, -0.2) is 0 Å². The first-order valence-corrected chi connectivity index (χ1v) is 7.86. The third-order valence-electron chi connectivity index (χ3n) is 4.07. The third kappa shape index (κ3) is 4.58. The molecule has 1 fully saturated rings. The topological polar surface area (TPSA) is 24.5 Å². The number of nitrogens with zero attached hydrogens (tertiary/aromatic N) is 1. The highest BCUT2D eigenvalue weighted by atomic mass is 16.5. The molecule has 1 unspecified atom stereocenters. The molecule has 3 nitrogen and oxygen atoms in total. The molecule has 0 bridgehead atoms.